The maximum absolute atomic E-state index is 12.6. The standard InChI is InChI=1S/C20H35N3O4/c1-16(24)21-11-8-20(26,9-12-21)15-22-10-4-6-18-17(22)5-3-7-19(25)23(18)13-14-27-2/h17-18,26H,3-15H2,1-2H3/t17-,18-/m1/s1. The van der Waals surface area contributed by atoms with Crippen molar-refractivity contribution in [3.63, 3.8) is 0 Å². The van der Waals surface area contributed by atoms with Crippen LogP contribution in [-0.2, 0) is 14.3 Å². The summed E-state index contributed by atoms with van der Waals surface area (Å²) in [5, 5.41) is 11.2. The normalized spacial score (nSPS) is 29.4. The molecule has 0 aromatic heterocycles. The van der Waals surface area contributed by atoms with Gasteiger partial charge in [-0.1, -0.05) is 0 Å². The van der Waals surface area contributed by atoms with Crippen molar-refractivity contribution in [1.82, 2.24) is 14.7 Å². The van der Waals surface area contributed by atoms with Gasteiger partial charge in [-0.05, 0) is 45.1 Å². The molecule has 3 fully saturated rings. The van der Waals surface area contributed by atoms with E-state index in [-0.39, 0.29) is 17.9 Å². The number of carbonyl (C=O) groups excluding carboxylic acids is 2. The zero-order valence-electron chi connectivity index (χ0n) is 16.9. The Morgan fingerprint density at radius 3 is 2.56 bits per heavy atom. The lowest BCUT2D eigenvalue weighted by Gasteiger charge is -2.48. The van der Waals surface area contributed by atoms with Crippen LogP contribution >= 0.6 is 0 Å². The Bertz CT molecular complexity index is 533. The first-order valence-corrected chi connectivity index (χ1v) is 10.4. The zero-order chi connectivity index (χ0) is 19.4. The molecule has 2 atom stereocenters. The highest BCUT2D eigenvalue weighted by molar-refractivity contribution is 5.77. The fourth-order valence-corrected chi connectivity index (χ4v) is 5.09. The van der Waals surface area contributed by atoms with E-state index in [2.05, 4.69) is 4.90 Å². The van der Waals surface area contributed by atoms with Gasteiger partial charge in [0.25, 0.3) is 0 Å². The van der Waals surface area contributed by atoms with Crippen molar-refractivity contribution < 1.29 is 19.4 Å². The molecule has 3 rings (SSSR count). The van der Waals surface area contributed by atoms with Crippen LogP contribution in [0.1, 0.15) is 51.9 Å². The van der Waals surface area contributed by atoms with E-state index in [1.807, 2.05) is 9.80 Å². The highest BCUT2D eigenvalue weighted by Crippen LogP contribution is 2.33. The van der Waals surface area contributed by atoms with Crippen molar-refractivity contribution in [3.8, 4) is 0 Å². The first kappa shape index (κ1) is 20.6. The molecule has 0 aliphatic carbocycles. The van der Waals surface area contributed by atoms with Gasteiger partial charge in [0.15, 0.2) is 0 Å². The molecule has 3 aliphatic rings. The van der Waals surface area contributed by atoms with Gasteiger partial charge in [0.2, 0.25) is 11.8 Å². The van der Waals surface area contributed by atoms with Gasteiger partial charge in [-0.3, -0.25) is 14.5 Å². The quantitative estimate of drug-likeness (QED) is 0.764. The predicted octanol–water partition coefficient (Wildman–Crippen LogP) is 0.852. The molecule has 27 heavy (non-hydrogen) atoms. The van der Waals surface area contributed by atoms with Gasteiger partial charge in [-0.15, -0.1) is 0 Å². The number of likely N-dealkylation sites (tertiary alicyclic amines) is 3. The molecule has 154 valence electrons. The van der Waals surface area contributed by atoms with E-state index in [1.165, 1.54) is 0 Å². The van der Waals surface area contributed by atoms with E-state index in [0.29, 0.717) is 58.1 Å². The molecule has 7 heteroatoms. The van der Waals surface area contributed by atoms with Crippen molar-refractivity contribution in [2.24, 2.45) is 0 Å². The summed E-state index contributed by atoms with van der Waals surface area (Å²) in [6.07, 6.45) is 5.88. The van der Waals surface area contributed by atoms with Gasteiger partial charge < -0.3 is 19.6 Å². The van der Waals surface area contributed by atoms with Crippen LogP contribution in [0.5, 0.6) is 0 Å². The lowest BCUT2D eigenvalue weighted by atomic mass is 9.86. The van der Waals surface area contributed by atoms with E-state index in [0.717, 1.165) is 32.2 Å². The van der Waals surface area contributed by atoms with Crippen LogP contribution in [0.25, 0.3) is 0 Å². The van der Waals surface area contributed by atoms with Crippen molar-refractivity contribution in [2.45, 2.75) is 69.6 Å². The van der Waals surface area contributed by atoms with Crippen LogP contribution in [0.2, 0.25) is 0 Å². The molecule has 0 aromatic carbocycles. The number of piperidine rings is 2. The summed E-state index contributed by atoms with van der Waals surface area (Å²) >= 11 is 0. The van der Waals surface area contributed by atoms with Gasteiger partial charge >= 0.3 is 0 Å². The molecule has 0 radical (unpaired) electrons. The number of aliphatic hydroxyl groups is 1. The SMILES string of the molecule is COCCN1C(=O)CCC[C@@H]2[C@H]1CCCN2CC1(O)CCN(C(C)=O)CC1. The van der Waals surface area contributed by atoms with Crippen molar-refractivity contribution in [1.29, 1.82) is 0 Å². The third-order valence-corrected chi connectivity index (χ3v) is 6.64. The molecular formula is C20H35N3O4. The number of hydrogen-bond donors (Lipinski definition) is 1. The number of rotatable bonds is 5. The molecule has 0 aromatic rings. The highest BCUT2D eigenvalue weighted by Gasteiger charge is 2.42. The first-order valence-electron chi connectivity index (χ1n) is 10.4. The second kappa shape index (κ2) is 8.88. The minimum atomic E-state index is -0.735. The number of ether oxygens (including phenoxy) is 1. The maximum Gasteiger partial charge on any atom is 0.222 e. The third kappa shape index (κ3) is 4.81. The summed E-state index contributed by atoms with van der Waals surface area (Å²) in [4.78, 5) is 30.5. The Labute approximate surface area is 162 Å². The van der Waals surface area contributed by atoms with Gasteiger partial charge in [0, 0.05) is 58.7 Å². The Kier molecular flexibility index (Phi) is 6.76. The second-order valence-electron chi connectivity index (χ2n) is 8.45. The Hall–Kier alpha value is -1.18. The number of β-amino-alcohol motifs (C(OH)–C–C–N with tert-alkyl or cyclic N) is 1. The monoisotopic (exact) mass is 381 g/mol. The highest BCUT2D eigenvalue weighted by atomic mass is 16.5. The van der Waals surface area contributed by atoms with Gasteiger partial charge in [-0.25, -0.2) is 0 Å². The van der Waals surface area contributed by atoms with E-state index in [4.69, 9.17) is 4.74 Å². The zero-order valence-corrected chi connectivity index (χ0v) is 16.9. The van der Waals surface area contributed by atoms with Crippen LogP contribution in [0, 0.1) is 0 Å². The molecule has 0 spiro atoms. The van der Waals surface area contributed by atoms with E-state index in [1.54, 1.807) is 14.0 Å². The number of carbonyl (C=O) groups is 2. The average Bonchev–Trinajstić information content (AvgIpc) is 2.79. The summed E-state index contributed by atoms with van der Waals surface area (Å²) in [6, 6.07) is 0.543. The van der Waals surface area contributed by atoms with Crippen LogP contribution in [0.15, 0.2) is 0 Å². The molecule has 3 aliphatic heterocycles. The van der Waals surface area contributed by atoms with Gasteiger partial charge in [0.1, 0.15) is 0 Å². The minimum Gasteiger partial charge on any atom is -0.388 e. The molecule has 0 bridgehead atoms. The molecule has 2 amide bonds. The summed E-state index contributed by atoms with van der Waals surface area (Å²) in [6.45, 7) is 5.70. The average molecular weight is 382 g/mol. The topological polar surface area (TPSA) is 73.3 Å². The molecule has 1 N–H and O–H groups in total. The predicted molar refractivity (Wildman–Crippen MR) is 102 cm³/mol. The number of hydrogen-bond acceptors (Lipinski definition) is 5. The Morgan fingerprint density at radius 2 is 1.89 bits per heavy atom. The maximum atomic E-state index is 12.6. The lowest BCUT2D eigenvalue weighted by molar-refractivity contribution is -0.137. The van der Waals surface area contributed by atoms with Crippen molar-refractivity contribution >= 4 is 11.8 Å². The minimum absolute atomic E-state index is 0.0890. The van der Waals surface area contributed by atoms with E-state index >= 15 is 0 Å². The van der Waals surface area contributed by atoms with Crippen molar-refractivity contribution in [3.05, 3.63) is 0 Å². The van der Waals surface area contributed by atoms with Crippen LogP contribution < -0.4 is 0 Å². The van der Waals surface area contributed by atoms with E-state index in [9.17, 15) is 14.7 Å². The molecular weight excluding hydrogens is 346 g/mol. The summed E-state index contributed by atoms with van der Waals surface area (Å²) in [5.41, 5.74) is -0.735. The number of nitrogens with zero attached hydrogens (tertiary/aromatic N) is 3. The van der Waals surface area contributed by atoms with Gasteiger partial charge in [0.05, 0.1) is 12.2 Å². The molecule has 0 unspecified atom stereocenters. The summed E-state index contributed by atoms with van der Waals surface area (Å²) in [5.74, 6) is 0.334. The third-order valence-electron chi connectivity index (χ3n) is 6.64. The fraction of sp³-hybridized carbons (Fsp3) is 0.900. The Balaban J connectivity index is 1.67. The Morgan fingerprint density at radius 1 is 1.19 bits per heavy atom. The largest absolute Gasteiger partial charge is 0.388 e. The molecule has 3 heterocycles. The fourth-order valence-electron chi connectivity index (χ4n) is 5.09. The lowest BCUT2D eigenvalue weighted by Crippen LogP contribution is -2.60. The molecule has 7 nitrogen and oxygen atoms in total. The number of fused-ring (bicyclic) bond motifs is 1. The van der Waals surface area contributed by atoms with Crippen molar-refractivity contribution in [2.75, 3.05) is 46.4 Å². The molecule has 0 saturated carbocycles. The van der Waals surface area contributed by atoms with Gasteiger partial charge in [-0.2, -0.15) is 0 Å². The summed E-state index contributed by atoms with van der Waals surface area (Å²) in [7, 11) is 1.68. The van der Waals surface area contributed by atoms with Crippen LogP contribution in [0.4, 0.5) is 0 Å². The first-order chi connectivity index (χ1) is 12.9. The molecule has 3 saturated heterocycles. The summed E-state index contributed by atoms with van der Waals surface area (Å²) < 4.78 is 5.23. The van der Waals surface area contributed by atoms with Crippen LogP contribution in [0.3, 0.4) is 0 Å². The second-order valence-corrected chi connectivity index (χ2v) is 8.45. The smallest absolute Gasteiger partial charge is 0.222 e. The van der Waals surface area contributed by atoms with Crippen LogP contribution in [-0.4, -0.2) is 95.7 Å². The number of methoxy groups -OCH3 is 1. The van der Waals surface area contributed by atoms with E-state index < -0.39 is 5.60 Å². The number of amides is 2.